The fourth-order valence-corrected chi connectivity index (χ4v) is 2.76. The van der Waals surface area contributed by atoms with Gasteiger partial charge in [-0.15, -0.1) is 0 Å². The molecule has 1 fully saturated rings. The van der Waals surface area contributed by atoms with E-state index in [4.69, 9.17) is 0 Å². The van der Waals surface area contributed by atoms with Crippen molar-refractivity contribution in [1.82, 2.24) is 9.88 Å². The summed E-state index contributed by atoms with van der Waals surface area (Å²) in [5, 5.41) is 9.51. The van der Waals surface area contributed by atoms with Gasteiger partial charge in [0, 0.05) is 18.8 Å². The first-order valence-corrected chi connectivity index (χ1v) is 6.78. The largest absolute Gasteiger partial charge is 0.464 e. The molecule has 0 bridgehead atoms. The van der Waals surface area contributed by atoms with E-state index in [-0.39, 0.29) is 12.1 Å². The highest BCUT2D eigenvalue weighted by molar-refractivity contribution is 5.87. The van der Waals surface area contributed by atoms with E-state index < -0.39 is 0 Å². The monoisotopic (exact) mass is 266 g/mol. The third-order valence-electron chi connectivity index (χ3n) is 3.65. The maximum Gasteiger partial charge on any atom is 0.354 e. The zero-order chi connectivity index (χ0) is 13.8. The number of methoxy groups -OCH3 is 1. The van der Waals surface area contributed by atoms with Crippen LogP contribution in [0.5, 0.6) is 0 Å². The van der Waals surface area contributed by atoms with Gasteiger partial charge in [0.05, 0.1) is 13.2 Å². The first kappa shape index (κ1) is 14.1. The summed E-state index contributed by atoms with van der Waals surface area (Å²) in [6.07, 6.45) is 4.71. The number of likely N-dealkylation sites (tertiary alicyclic amines) is 1. The van der Waals surface area contributed by atoms with Crippen LogP contribution in [0.2, 0.25) is 0 Å². The van der Waals surface area contributed by atoms with E-state index in [0.717, 1.165) is 31.5 Å². The molecule has 0 amide bonds. The number of hydrogen-bond donors (Lipinski definition) is 2. The van der Waals surface area contributed by atoms with Gasteiger partial charge >= 0.3 is 5.97 Å². The number of carbonyl (C=O) groups excluding carboxylic acids is 1. The molecule has 5 nitrogen and oxygen atoms in total. The molecule has 5 heteroatoms. The Kier molecular flexibility index (Phi) is 4.61. The summed E-state index contributed by atoms with van der Waals surface area (Å²) in [5.41, 5.74) is 1.57. The summed E-state index contributed by atoms with van der Waals surface area (Å²) in [6, 6.07) is 2.28. The zero-order valence-electron chi connectivity index (χ0n) is 11.6. The molecule has 1 aliphatic rings. The molecule has 106 valence electrons. The van der Waals surface area contributed by atoms with Crippen molar-refractivity contribution in [2.75, 3.05) is 13.7 Å². The fraction of sp³-hybridized carbons (Fsp3) is 0.643. The van der Waals surface area contributed by atoms with Crippen molar-refractivity contribution in [3.05, 3.63) is 23.5 Å². The molecular weight excluding hydrogens is 244 g/mol. The van der Waals surface area contributed by atoms with Crippen LogP contribution >= 0.6 is 0 Å². The third-order valence-corrected chi connectivity index (χ3v) is 3.65. The van der Waals surface area contributed by atoms with Crippen molar-refractivity contribution < 1.29 is 14.6 Å². The second kappa shape index (κ2) is 6.21. The third kappa shape index (κ3) is 3.58. The molecule has 1 saturated heterocycles. The van der Waals surface area contributed by atoms with Crippen LogP contribution in [0.25, 0.3) is 0 Å². The number of aliphatic hydroxyl groups excluding tert-OH is 1. The molecular formula is C14H22N2O3. The average molecular weight is 266 g/mol. The number of aromatic nitrogens is 1. The van der Waals surface area contributed by atoms with Crippen LogP contribution in [0, 0.1) is 0 Å². The predicted molar refractivity (Wildman–Crippen MR) is 71.9 cm³/mol. The van der Waals surface area contributed by atoms with Crippen LogP contribution in [0.4, 0.5) is 0 Å². The van der Waals surface area contributed by atoms with Crippen molar-refractivity contribution in [3.8, 4) is 0 Å². The van der Waals surface area contributed by atoms with Crippen LogP contribution in [0.15, 0.2) is 12.3 Å². The van der Waals surface area contributed by atoms with Crippen LogP contribution in [-0.4, -0.2) is 46.8 Å². The maximum absolute atomic E-state index is 11.4. The highest BCUT2D eigenvalue weighted by Gasteiger charge is 2.25. The summed E-state index contributed by atoms with van der Waals surface area (Å²) < 4.78 is 4.68. The van der Waals surface area contributed by atoms with E-state index >= 15 is 0 Å². The summed E-state index contributed by atoms with van der Waals surface area (Å²) in [7, 11) is 1.38. The van der Waals surface area contributed by atoms with Crippen LogP contribution in [0.3, 0.4) is 0 Å². The molecule has 2 N–H and O–H groups in total. The second-order valence-corrected chi connectivity index (χ2v) is 5.26. The fourth-order valence-electron chi connectivity index (χ4n) is 2.76. The maximum atomic E-state index is 11.4. The molecule has 2 heterocycles. The molecule has 2 atom stereocenters. The molecule has 0 aliphatic carbocycles. The van der Waals surface area contributed by atoms with E-state index in [1.165, 1.54) is 13.5 Å². The Hall–Kier alpha value is -1.33. The van der Waals surface area contributed by atoms with Gasteiger partial charge < -0.3 is 14.8 Å². The quantitative estimate of drug-likeness (QED) is 0.793. The van der Waals surface area contributed by atoms with Gasteiger partial charge in [0.15, 0.2) is 0 Å². The Bertz CT molecular complexity index is 428. The molecule has 0 spiro atoms. The summed E-state index contributed by atoms with van der Waals surface area (Å²) in [4.78, 5) is 16.7. The highest BCUT2D eigenvalue weighted by atomic mass is 16.5. The SMILES string of the molecule is COC(=O)c1cc(CN2CCCC2CC(C)O)c[nH]1. The molecule has 2 rings (SSSR count). The Morgan fingerprint density at radius 3 is 3.16 bits per heavy atom. The van der Waals surface area contributed by atoms with E-state index in [1.807, 2.05) is 19.2 Å². The minimum Gasteiger partial charge on any atom is -0.464 e. The Morgan fingerprint density at radius 2 is 2.47 bits per heavy atom. The topological polar surface area (TPSA) is 65.6 Å². The molecule has 1 aromatic rings. The molecule has 0 aromatic carbocycles. The van der Waals surface area contributed by atoms with Gasteiger partial charge in [-0.25, -0.2) is 4.79 Å². The number of nitrogens with one attached hydrogen (secondary N) is 1. The number of ether oxygens (including phenoxy) is 1. The molecule has 1 aliphatic heterocycles. The lowest BCUT2D eigenvalue weighted by Gasteiger charge is -2.24. The van der Waals surface area contributed by atoms with Crippen LogP contribution in [0.1, 0.15) is 42.2 Å². The van der Waals surface area contributed by atoms with Crippen molar-refractivity contribution in [3.63, 3.8) is 0 Å². The Morgan fingerprint density at radius 1 is 1.68 bits per heavy atom. The summed E-state index contributed by atoms with van der Waals surface area (Å²) >= 11 is 0. The van der Waals surface area contributed by atoms with Crippen molar-refractivity contribution in [2.24, 2.45) is 0 Å². The standard InChI is InChI=1S/C14H22N2O3/c1-10(17)6-12-4-3-5-16(12)9-11-7-13(15-8-11)14(18)19-2/h7-8,10,12,15,17H,3-6,9H2,1-2H3. The van der Waals surface area contributed by atoms with Crippen molar-refractivity contribution in [1.29, 1.82) is 0 Å². The summed E-state index contributed by atoms with van der Waals surface area (Å²) in [6.45, 7) is 3.70. The van der Waals surface area contributed by atoms with Gasteiger partial charge in [-0.1, -0.05) is 0 Å². The van der Waals surface area contributed by atoms with E-state index in [9.17, 15) is 9.90 Å². The molecule has 0 radical (unpaired) electrons. The lowest BCUT2D eigenvalue weighted by atomic mass is 10.1. The van der Waals surface area contributed by atoms with Crippen LogP contribution in [-0.2, 0) is 11.3 Å². The van der Waals surface area contributed by atoms with E-state index in [2.05, 4.69) is 14.6 Å². The van der Waals surface area contributed by atoms with Gasteiger partial charge in [0.2, 0.25) is 0 Å². The first-order chi connectivity index (χ1) is 9.10. The summed E-state index contributed by atoms with van der Waals surface area (Å²) in [5.74, 6) is -0.340. The number of aliphatic hydroxyl groups is 1. The van der Waals surface area contributed by atoms with Gasteiger partial charge in [0.25, 0.3) is 0 Å². The molecule has 2 unspecified atom stereocenters. The number of nitrogens with zero attached hydrogens (tertiary/aromatic N) is 1. The molecule has 19 heavy (non-hydrogen) atoms. The van der Waals surface area contributed by atoms with Gasteiger partial charge in [-0.3, -0.25) is 4.90 Å². The molecule has 0 saturated carbocycles. The van der Waals surface area contributed by atoms with Gasteiger partial charge in [0.1, 0.15) is 5.69 Å². The first-order valence-electron chi connectivity index (χ1n) is 6.78. The molecule has 1 aromatic heterocycles. The van der Waals surface area contributed by atoms with E-state index in [1.54, 1.807) is 0 Å². The number of rotatable bonds is 5. The second-order valence-electron chi connectivity index (χ2n) is 5.26. The number of carbonyl (C=O) groups is 1. The van der Waals surface area contributed by atoms with Gasteiger partial charge in [-0.2, -0.15) is 0 Å². The normalized spacial score (nSPS) is 21.5. The number of esters is 1. The Labute approximate surface area is 113 Å². The smallest absolute Gasteiger partial charge is 0.354 e. The van der Waals surface area contributed by atoms with E-state index in [0.29, 0.717) is 11.7 Å². The predicted octanol–water partition coefficient (Wildman–Crippen LogP) is 1.54. The average Bonchev–Trinajstić information content (AvgIpc) is 2.99. The minimum atomic E-state index is -0.340. The zero-order valence-corrected chi connectivity index (χ0v) is 11.6. The lowest BCUT2D eigenvalue weighted by molar-refractivity contribution is 0.0595. The van der Waals surface area contributed by atoms with Crippen LogP contribution < -0.4 is 0 Å². The number of hydrogen-bond acceptors (Lipinski definition) is 4. The van der Waals surface area contributed by atoms with Crippen molar-refractivity contribution >= 4 is 5.97 Å². The highest BCUT2D eigenvalue weighted by Crippen LogP contribution is 2.23. The lowest BCUT2D eigenvalue weighted by Crippen LogP contribution is -2.31. The van der Waals surface area contributed by atoms with Gasteiger partial charge in [-0.05, 0) is 44.4 Å². The number of aromatic amines is 1. The Balaban J connectivity index is 1.96. The number of H-pyrrole nitrogens is 1. The van der Waals surface area contributed by atoms with Crippen molar-refractivity contribution in [2.45, 2.75) is 44.9 Å². The minimum absolute atomic E-state index is 0.262.